The van der Waals surface area contributed by atoms with E-state index in [0.717, 1.165) is 0 Å². The van der Waals surface area contributed by atoms with E-state index in [2.05, 4.69) is 0 Å². The molecule has 22 heavy (non-hydrogen) atoms. The summed E-state index contributed by atoms with van der Waals surface area (Å²) in [6.07, 6.45) is 0.625. The van der Waals surface area contributed by atoms with Crippen LogP contribution in [0.15, 0.2) is 18.2 Å². The van der Waals surface area contributed by atoms with Gasteiger partial charge in [0.1, 0.15) is 0 Å². The van der Waals surface area contributed by atoms with Crippen LogP contribution in [-0.4, -0.2) is 32.3 Å². The van der Waals surface area contributed by atoms with Crippen molar-refractivity contribution in [3.05, 3.63) is 33.3 Å². The van der Waals surface area contributed by atoms with Crippen LogP contribution in [0.25, 0.3) is 0 Å². The summed E-state index contributed by atoms with van der Waals surface area (Å²) in [5.74, 6) is 0.145. The number of benzene rings is 1. The number of halogens is 1. The van der Waals surface area contributed by atoms with Crippen LogP contribution in [0.5, 0.6) is 5.75 Å². The maximum atomic E-state index is 11.2. The summed E-state index contributed by atoms with van der Waals surface area (Å²) >= 11 is 5.83. The molecule has 0 saturated carbocycles. The lowest BCUT2D eigenvalue weighted by Crippen LogP contribution is -2.63. The third-order valence-electron chi connectivity index (χ3n) is 3.88. The lowest BCUT2D eigenvalue weighted by molar-refractivity contribution is -0.388. The molecule has 0 amide bonds. The Hall–Kier alpha value is -1.37. The van der Waals surface area contributed by atoms with Gasteiger partial charge in [0.25, 0.3) is 0 Å². The highest BCUT2D eigenvalue weighted by Gasteiger charge is 2.47. The third-order valence-corrected chi connectivity index (χ3v) is 4.11. The molecule has 0 bridgehead atoms. The number of aliphatic hydroxyl groups excluding tert-OH is 1. The zero-order valence-electron chi connectivity index (χ0n) is 13.2. The van der Waals surface area contributed by atoms with Gasteiger partial charge in [-0.1, -0.05) is 11.6 Å². The highest BCUT2D eigenvalue weighted by Crippen LogP contribution is 2.41. The summed E-state index contributed by atoms with van der Waals surface area (Å²) in [5, 5.41) is 23.3. The van der Waals surface area contributed by atoms with E-state index in [-0.39, 0.29) is 16.5 Å². The predicted molar refractivity (Wildman–Crippen MR) is 84.0 cm³/mol. The van der Waals surface area contributed by atoms with E-state index >= 15 is 0 Å². The Morgan fingerprint density at radius 2 is 1.86 bits per heavy atom. The molecule has 0 spiro atoms. The van der Waals surface area contributed by atoms with Crippen molar-refractivity contribution < 1.29 is 14.9 Å². The quantitative estimate of drug-likeness (QED) is 0.678. The summed E-state index contributed by atoms with van der Waals surface area (Å²) < 4.78 is 0. The number of piperidine rings is 1. The number of nitro groups is 1. The van der Waals surface area contributed by atoms with Crippen molar-refractivity contribution in [2.45, 2.75) is 57.7 Å². The lowest BCUT2D eigenvalue weighted by Gasteiger charge is -2.52. The Balaban J connectivity index is 2.38. The number of aliphatic hydroxyl groups is 1. The molecule has 1 aromatic rings. The summed E-state index contributed by atoms with van der Waals surface area (Å²) in [6, 6.07) is 4.33. The second-order valence-electron chi connectivity index (χ2n) is 6.94. The molecule has 122 valence electrons. The molecule has 2 rings (SSSR count). The monoisotopic (exact) mass is 328 g/mol. The van der Waals surface area contributed by atoms with Crippen LogP contribution in [0.3, 0.4) is 0 Å². The standard InChI is InChI=1S/C15H21ClN2O4/c1-14(2)8-11(19)9-15(3,4)18(14)22-13-6-5-10(16)7-12(13)17(20)21/h5-7,11,19H,8-9H2,1-4H3. The van der Waals surface area contributed by atoms with Gasteiger partial charge in [-0.3, -0.25) is 10.1 Å². The van der Waals surface area contributed by atoms with Crippen LogP contribution < -0.4 is 4.84 Å². The summed E-state index contributed by atoms with van der Waals surface area (Å²) in [6.45, 7) is 7.77. The van der Waals surface area contributed by atoms with Crippen LogP contribution in [0, 0.1) is 10.1 Å². The summed E-state index contributed by atoms with van der Waals surface area (Å²) in [4.78, 5) is 16.6. The molecule has 0 unspecified atom stereocenters. The fraction of sp³-hybridized carbons (Fsp3) is 0.600. The topological polar surface area (TPSA) is 75.8 Å². The van der Waals surface area contributed by atoms with Crippen LogP contribution in [-0.2, 0) is 0 Å². The molecule has 1 aliphatic heterocycles. The molecule has 1 N–H and O–H groups in total. The van der Waals surface area contributed by atoms with E-state index in [9.17, 15) is 15.2 Å². The Labute approximate surface area is 134 Å². The van der Waals surface area contributed by atoms with Gasteiger partial charge in [0, 0.05) is 11.1 Å². The minimum Gasteiger partial charge on any atom is -0.398 e. The summed E-state index contributed by atoms with van der Waals surface area (Å²) in [5.41, 5.74) is -1.10. The largest absolute Gasteiger partial charge is 0.398 e. The van der Waals surface area contributed by atoms with Crippen molar-refractivity contribution in [3.8, 4) is 5.75 Å². The minimum atomic E-state index is -0.514. The van der Waals surface area contributed by atoms with Gasteiger partial charge in [-0.25, -0.2) is 0 Å². The zero-order chi connectivity index (χ0) is 16.7. The number of hydrogen-bond donors (Lipinski definition) is 1. The maximum absolute atomic E-state index is 11.2. The van der Waals surface area contributed by atoms with Crippen LogP contribution in [0.1, 0.15) is 40.5 Å². The van der Waals surface area contributed by atoms with Crippen molar-refractivity contribution in [1.29, 1.82) is 0 Å². The van der Waals surface area contributed by atoms with Crippen LogP contribution >= 0.6 is 11.6 Å². The molecule has 6 nitrogen and oxygen atoms in total. The predicted octanol–water partition coefficient (Wildman–Crippen LogP) is 3.56. The Morgan fingerprint density at radius 1 is 1.32 bits per heavy atom. The van der Waals surface area contributed by atoms with E-state index in [4.69, 9.17) is 16.4 Å². The Kier molecular flexibility index (Phi) is 4.39. The van der Waals surface area contributed by atoms with Gasteiger partial charge >= 0.3 is 5.69 Å². The number of hydroxylamine groups is 2. The van der Waals surface area contributed by atoms with Gasteiger partial charge in [0.05, 0.1) is 22.1 Å². The van der Waals surface area contributed by atoms with Gasteiger partial charge < -0.3 is 9.94 Å². The van der Waals surface area contributed by atoms with E-state index < -0.39 is 22.1 Å². The average Bonchev–Trinajstić information content (AvgIpc) is 2.33. The van der Waals surface area contributed by atoms with Crippen molar-refractivity contribution in [1.82, 2.24) is 5.06 Å². The first kappa shape index (κ1) is 17.0. The van der Waals surface area contributed by atoms with E-state index in [1.165, 1.54) is 12.1 Å². The normalized spacial score (nSPS) is 21.5. The molecule has 0 aliphatic carbocycles. The SMILES string of the molecule is CC1(C)CC(O)CC(C)(C)N1Oc1ccc(Cl)cc1[N+](=O)[O-]. The molecule has 7 heteroatoms. The lowest BCUT2D eigenvalue weighted by atomic mass is 9.80. The number of rotatable bonds is 3. The van der Waals surface area contributed by atoms with E-state index in [0.29, 0.717) is 12.8 Å². The first-order valence-electron chi connectivity index (χ1n) is 7.13. The Bertz CT molecular complexity index is 571. The maximum Gasteiger partial charge on any atom is 0.315 e. The number of nitro benzene ring substituents is 1. The van der Waals surface area contributed by atoms with Gasteiger partial charge in [-0.05, 0) is 52.7 Å². The molecular formula is C15H21ClN2O4. The smallest absolute Gasteiger partial charge is 0.315 e. The highest BCUT2D eigenvalue weighted by molar-refractivity contribution is 6.30. The summed E-state index contributed by atoms with van der Waals surface area (Å²) in [7, 11) is 0. The molecule has 1 aromatic carbocycles. The van der Waals surface area contributed by atoms with E-state index in [1.54, 1.807) is 11.1 Å². The van der Waals surface area contributed by atoms with Crippen molar-refractivity contribution in [2.24, 2.45) is 0 Å². The molecule has 0 atom stereocenters. The van der Waals surface area contributed by atoms with Crippen LogP contribution in [0.2, 0.25) is 5.02 Å². The van der Waals surface area contributed by atoms with Crippen molar-refractivity contribution in [3.63, 3.8) is 0 Å². The molecule has 1 fully saturated rings. The fourth-order valence-electron chi connectivity index (χ4n) is 3.27. The van der Waals surface area contributed by atoms with Crippen molar-refractivity contribution in [2.75, 3.05) is 0 Å². The first-order chi connectivity index (χ1) is 10.0. The fourth-order valence-corrected chi connectivity index (χ4v) is 3.43. The average molecular weight is 329 g/mol. The van der Waals surface area contributed by atoms with Crippen LogP contribution in [0.4, 0.5) is 5.69 Å². The van der Waals surface area contributed by atoms with Gasteiger partial charge in [-0.15, -0.1) is 5.06 Å². The first-order valence-corrected chi connectivity index (χ1v) is 7.51. The van der Waals surface area contributed by atoms with Gasteiger partial charge in [-0.2, -0.15) is 0 Å². The van der Waals surface area contributed by atoms with Crippen molar-refractivity contribution >= 4 is 17.3 Å². The molecule has 1 aliphatic rings. The van der Waals surface area contributed by atoms with E-state index in [1.807, 2.05) is 27.7 Å². The Morgan fingerprint density at radius 3 is 2.36 bits per heavy atom. The second kappa shape index (κ2) is 5.68. The molecular weight excluding hydrogens is 308 g/mol. The molecule has 1 saturated heterocycles. The number of nitrogens with zero attached hydrogens (tertiary/aromatic N) is 2. The zero-order valence-corrected chi connectivity index (χ0v) is 13.9. The number of hydrogen-bond acceptors (Lipinski definition) is 5. The third kappa shape index (κ3) is 3.34. The molecule has 0 radical (unpaired) electrons. The van der Waals surface area contributed by atoms with Gasteiger partial charge in [0.15, 0.2) is 0 Å². The highest BCUT2D eigenvalue weighted by atomic mass is 35.5. The van der Waals surface area contributed by atoms with Gasteiger partial charge in [0.2, 0.25) is 5.75 Å². The molecule has 0 aromatic heterocycles. The minimum absolute atomic E-state index is 0.145. The molecule has 1 heterocycles. The second-order valence-corrected chi connectivity index (χ2v) is 7.38.